The van der Waals surface area contributed by atoms with E-state index in [1.54, 1.807) is 31.8 Å². The Balaban J connectivity index is 1.34. The number of benzene rings is 1. The van der Waals surface area contributed by atoms with Crippen molar-refractivity contribution in [3.8, 4) is 34.0 Å². The molecule has 1 saturated heterocycles. The lowest BCUT2D eigenvalue weighted by Crippen LogP contribution is -2.12. The largest absolute Gasteiger partial charge is 0.507 e. The van der Waals surface area contributed by atoms with Crippen molar-refractivity contribution in [1.29, 1.82) is 0 Å². The number of pyridine rings is 1. The van der Waals surface area contributed by atoms with E-state index in [1.165, 1.54) is 12.8 Å². The molecule has 1 aromatic carbocycles. The minimum Gasteiger partial charge on any atom is -0.507 e. The second-order valence-electron chi connectivity index (χ2n) is 8.48. The van der Waals surface area contributed by atoms with E-state index in [-0.39, 0.29) is 5.75 Å². The molecule has 3 aromatic rings. The maximum Gasteiger partial charge on any atom is 0.213 e. The Hall–Kier alpha value is -3.25. The maximum atomic E-state index is 10.6. The number of hydrogen-bond acceptors (Lipinski definition) is 6. The molecule has 0 radical (unpaired) electrons. The molecule has 5 rings (SSSR count). The summed E-state index contributed by atoms with van der Waals surface area (Å²) >= 11 is 0. The lowest BCUT2D eigenvalue weighted by atomic mass is 9.94. The number of phenols is 1. The Morgan fingerprint density at radius 1 is 1.03 bits per heavy atom. The Labute approximate surface area is 182 Å². The SMILES string of the molecule is C=C(c1cnc(-c2ccc(-c3ccnc(OC)c3)cc2O)cn1)C1C[C@H]2CNC[C@H]2C1. The number of aromatic hydroxyl groups is 1. The van der Waals surface area contributed by atoms with Gasteiger partial charge in [0.25, 0.3) is 0 Å². The number of hydrogen-bond donors (Lipinski definition) is 2. The molecule has 2 aromatic heterocycles. The molecule has 0 amide bonds. The van der Waals surface area contributed by atoms with E-state index >= 15 is 0 Å². The van der Waals surface area contributed by atoms with Gasteiger partial charge in [-0.2, -0.15) is 0 Å². The molecule has 2 aliphatic rings. The summed E-state index contributed by atoms with van der Waals surface area (Å²) in [6.07, 6.45) is 7.56. The lowest BCUT2D eigenvalue weighted by Gasteiger charge is -2.14. The van der Waals surface area contributed by atoms with Gasteiger partial charge in [0, 0.05) is 17.8 Å². The first kappa shape index (κ1) is 19.7. The van der Waals surface area contributed by atoms with Gasteiger partial charge in [0.1, 0.15) is 5.75 Å². The summed E-state index contributed by atoms with van der Waals surface area (Å²) in [4.78, 5) is 13.3. The van der Waals surface area contributed by atoms with Crippen LogP contribution in [0.2, 0.25) is 0 Å². The van der Waals surface area contributed by atoms with Crippen molar-refractivity contribution >= 4 is 5.57 Å². The highest BCUT2D eigenvalue weighted by molar-refractivity contribution is 5.74. The third-order valence-electron chi connectivity index (χ3n) is 6.68. The van der Waals surface area contributed by atoms with Crippen molar-refractivity contribution in [2.24, 2.45) is 17.8 Å². The molecule has 3 heterocycles. The van der Waals surface area contributed by atoms with E-state index in [4.69, 9.17) is 4.74 Å². The van der Waals surface area contributed by atoms with Gasteiger partial charge in [-0.25, -0.2) is 4.98 Å². The predicted molar refractivity (Wildman–Crippen MR) is 121 cm³/mol. The van der Waals surface area contributed by atoms with Crippen LogP contribution in [-0.4, -0.2) is 40.3 Å². The average Bonchev–Trinajstić information content (AvgIpc) is 3.41. The number of nitrogens with zero attached hydrogens (tertiary/aromatic N) is 3. The lowest BCUT2D eigenvalue weighted by molar-refractivity contribution is 0.398. The molecule has 31 heavy (non-hydrogen) atoms. The van der Waals surface area contributed by atoms with Gasteiger partial charge < -0.3 is 15.2 Å². The van der Waals surface area contributed by atoms with Crippen molar-refractivity contribution in [2.75, 3.05) is 20.2 Å². The molecule has 2 N–H and O–H groups in total. The van der Waals surface area contributed by atoms with E-state index in [0.29, 0.717) is 23.1 Å². The quantitative estimate of drug-likeness (QED) is 0.652. The summed E-state index contributed by atoms with van der Waals surface area (Å²) < 4.78 is 5.19. The van der Waals surface area contributed by atoms with Gasteiger partial charge in [-0.15, -0.1) is 0 Å². The molecular weight excluding hydrogens is 388 g/mol. The van der Waals surface area contributed by atoms with Crippen LogP contribution >= 0.6 is 0 Å². The molecule has 1 unspecified atom stereocenters. The average molecular weight is 415 g/mol. The normalized spacial score (nSPS) is 22.3. The van der Waals surface area contributed by atoms with Crippen LogP contribution in [0, 0.1) is 17.8 Å². The summed E-state index contributed by atoms with van der Waals surface area (Å²) in [5, 5.41) is 14.1. The van der Waals surface area contributed by atoms with Crippen LogP contribution in [0.3, 0.4) is 0 Å². The topological polar surface area (TPSA) is 80.2 Å². The van der Waals surface area contributed by atoms with E-state index < -0.39 is 0 Å². The van der Waals surface area contributed by atoms with Crippen LogP contribution in [0.25, 0.3) is 28.0 Å². The number of rotatable bonds is 5. The highest BCUT2D eigenvalue weighted by Gasteiger charge is 2.38. The second kappa shape index (κ2) is 8.12. The number of phenolic OH excluding ortho intramolecular Hbond substituents is 1. The summed E-state index contributed by atoms with van der Waals surface area (Å²) in [6, 6.07) is 9.25. The zero-order valence-electron chi connectivity index (χ0n) is 17.6. The number of nitrogens with one attached hydrogen (secondary N) is 1. The van der Waals surface area contributed by atoms with Crippen LogP contribution in [-0.2, 0) is 0 Å². The van der Waals surface area contributed by atoms with Crippen LogP contribution in [0.5, 0.6) is 11.6 Å². The minimum atomic E-state index is 0.158. The van der Waals surface area contributed by atoms with Crippen LogP contribution in [0.4, 0.5) is 0 Å². The Morgan fingerprint density at radius 3 is 2.48 bits per heavy atom. The molecule has 0 bridgehead atoms. The van der Waals surface area contributed by atoms with E-state index in [1.807, 2.05) is 24.3 Å². The summed E-state index contributed by atoms with van der Waals surface area (Å²) in [5.41, 5.74) is 5.02. The fourth-order valence-electron chi connectivity index (χ4n) is 4.92. The van der Waals surface area contributed by atoms with Gasteiger partial charge in [-0.1, -0.05) is 12.6 Å². The maximum absolute atomic E-state index is 10.6. The Morgan fingerprint density at radius 2 is 1.81 bits per heavy atom. The first-order chi connectivity index (χ1) is 15.1. The number of fused-ring (bicyclic) bond motifs is 1. The van der Waals surface area contributed by atoms with Crippen molar-refractivity contribution in [3.05, 3.63) is 61.2 Å². The molecule has 0 spiro atoms. The molecule has 1 saturated carbocycles. The van der Waals surface area contributed by atoms with E-state index in [2.05, 4.69) is 26.8 Å². The molecule has 6 heteroatoms. The third kappa shape index (κ3) is 3.79. The molecule has 1 aliphatic heterocycles. The Bertz CT molecular complexity index is 1100. The predicted octanol–water partition coefficient (Wildman–Crippen LogP) is 4.18. The highest BCUT2D eigenvalue weighted by Crippen LogP contribution is 2.44. The van der Waals surface area contributed by atoms with Gasteiger partial charge in [0.2, 0.25) is 5.88 Å². The van der Waals surface area contributed by atoms with Gasteiger partial charge in [0.15, 0.2) is 0 Å². The monoisotopic (exact) mass is 414 g/mol. The van der Waals surface area contributed by atoms with E-state index in [0.717, 1.165) is 47.3 Å². The third-order valence-corrected chi connectivity index (χ3v) is 6.68. The summed E-state index contributed by atoms with van der Waals surface area (Å²) in [5.74, 6) is 2.71. The summed E-state index contributed by atoms with van der Waals surface area (Å²) in [6.45, 7) is 6.58. The van der Waals surface area contributed by atoms with Gasteiger partial charge >= 0.3 is 0 Å². The van der Waals surface area contributed by atoms with Crippen LogP contribution < -0.4 is 10.1 Å². The van der Waals surface area contributed by atoms with Gasteiger partial charge in [-0.05, 0) is 78.6 Å². The molecule has 3 atom stereocenters. The first-order valence-electron chi connectivity index (χ1n) is 10.7. The first-order valence-corrected chi connectivity index (χ1v) is 10.7. The zero-order chi connectivity index (χ0) is 21.4. The number of methoxy groups -OCH3 is 1. The van der Waals surface area contributed by atoms with Crippen LogP contribution in [0.1, 0.15) is 18.5 Å². The summed E-state index contributed by atoms with van der Waals surface area (Å²) in [7, 11) is 1.58. The van der Waals surface area contributed by atoms with Crippen molar-refractivity contribution in [1.82, 2.24) is 20.3 Å². The smallest absolute Gasteiger partial charge is 0.213 e. The van der Waals surface area contributed by atoms with Gasteiger partial charge in [-0.3, -0.25) is 9.97 Å². The number of allylic oxidation sites excluding steroid dienone is 1. The molecule has 6 nitrogen and oxygen atoms in total. The number of ether oxygens (including phenoxy) is 1. The molecule has 2 fully saturated rings. The zero-order valence-corrected chi connectivity index (χ0v) is 17.6. The van der Waals surface area contributed by atoms with Crippen molar-refractivity contribution in [3.63, 3.8) is 0 Å². The second-order valence-corrected chi connectivity index (χ2v) is 8.48. The Kier molecular flexibility index (Phi) is 5.16. The number of aromatic nitrogens is 3. The minimum absolute atomic E-state index is 0.158. The molecule has 158 valence electrons. The van der Waals surface area contributed by atoms with Crippen LogP contribution in [0.15, 0.2) is 55.5 Å². The fourth-order valence-corrected chi connectivity index (χ4v) is 4.92. The molecule has 1 aliphatic carbocycles. The fraction of sp³-hybridized carbons (Fsp3) is 0.320. The van der Waals surface area contributed by atoms with Crippen molar-refractivity contribution in [2.45, 2.75) is 12.8 Å². The van der Waals surface area contributed by atoms with Crippen molar-refractivity contribution < 1.29 is 9.84 Å². The molecular formula is C25H26N4O2. The van der Waals surface area contributed by atoms with Gasteiger partial charge in [0.05, 0.1) is 30.9 Å². The highest BCUT2D eigenvalue weighted by atomic mass is 16.5. The standard InChI is InChI=1S/C25H26N4O2/c1-15(18-7-19-11-26-12-20(19)8-18)22-13-29-23(14-28-22)21-4-3-16(9-24(21)30)17-5-6-27-25(10-17)31-2/h3-6,9-10,13-14,18-20,26,30H,1,7-8,11-12H2,2H3/t18?,19-,20+. The van der Waals surface area contributed by atoms with E-state index in [9.17, 15) is 5.11 Å².